The highest BCUT2D eigenvalue weighted by atomic mass is 32.1. The third-order valence-electron chi connectivity index (χ3n) is 6.63. The number of amides is 3. The first kappa shape index (κ1) is 24.1. The van der Waals surface area contributed by atoms with E-state index in [9.17, 15) is 19.2 Å². The van der Waals surface area contributed by atoms with Crippen molar-refractivity contribution in [2.45, 2.75) is 69.5 Å². The van der Waals surface area contributed by atoms with Crippen LogP contribution in [0.1, 0.15) is 60.2 Å². The van der Waals surface area contributed by atoms with Gasteiger partial charge in [0.1, 0.15) is 12.1 Å². The normalized spacial score (nSPS) is 19.4. The first-order valence-electron chi connectivity index (χ1n) is 12.1. The summed E-state index contributed by atoms with van der Waals surface area (Å²) < 4.78 is 0. The molecule has 1 aromatic carbocycles. The topological polar surface area (TPSA) is 95.6 Å². The molecule has 2 aromatic rings. The number of hydrogen-bond acceptors (Lipinski definition) is 5. The Morgan fingerprint density at radius 1 is 0.941 bits per heavy atom. The molecule has 0 spiro atoms. The minimum Gasteiger partial charge on any atom is -0.347 e. The van der Waals surface area contributed by atoms with Crippen LogP contribution in [0.5, 0.6) is 0 Å². The van der Waals surface area contributed by atoms with E-state index in [-0.39, 0.29) is 17.9 Å². The van der Waals surface area contributed by atoms with E-state index in [1.165, 1.54) is 16.2 Å². The summed E-state index contributed by atoms with van der Waals surface area (Å²) in [5.41, 5.74) is 0.907. The minimum atomic E-state index is -0.827. The number of nitrogens with zero attached hydrogens (tertiary/aromatic N) is 1. The number of Topliss-reactive ketones (excluding diaryl/α,β-unsaturated/α-hetero) is 1. The zero-order chi connectivity index (χ0) is 23.9. The highest BCUT2D eigenvalue weighted by Gasteiger charge is 2.40. The van der Waals surface area contributed by atoms with E-state index in [4.69, 9.17) is 0 Å². The molecule has 180 valence electrons. The monoisotopic (exact) mass is 481 g/mol. The average molecular weight is 482 g/mol. The van der Waals surface area contributed by atoms with Crippen LogP contribution in [0.3, 0.4) is 0 Å². The van der Waals surface area contributed by atoms with E-state index in [0.29, 0.717) is 30.7 Å². The number of benzene rings is 1. The third-order valence-corrected chi connectivity index (χ3v) is 7.50. The molecule has 2 fully saturated rings. The van der Waals surface area contributed by atoms with Crippen LogP contribution in [-0.2, 0) is 20.8 Å². The van der Waals surface area contributed by atoms with E-state index in [1.807, 2.05) is 35.7 Å². The van der Waals surface area contributed by atoms with Gasteiger partial charge in [0.15, 0.2) is 0 Å². The number of ketones is 1. The fraction of sp³-hybridized carbons (Fsp3) is 0.462. The standard InChI is InChI=1S/C26H31N3O4S/c30-23(25(32)27-19-11-5-2-6-12-19)21-13-7-15-29(21)26(33)20(17-18-9-3-1-4-10-18)28-24(31)22-14-8-16-34-22/h1,3-4,8-10,14,16,19-21H,2,5-7,11-13,15,17H2,(H,27,32)(H,28,31)/t20-,21-/m0/s1. The lowest BCUT2D eigenvalue weighted by atomic mass is 9.95. The van der Waals surface area contributed by atoms with Crippen molar-refractivity contribution in [2.75, 3.05) is 6.54 Å². The number of hydrogen-bond donors (Lipinski definition) is 2. The number of nitrogens with one attached hydrogen (secondary N) is 2. The van der Waals surface area contributed by atoms with Gasteiger partial charge in [-0.05, 0) is 42.7 Å². The van der Waals surface area contributed by atoms with Crippen molar-refractivity contribution < 1.29 is 19.2 Å². The Labute approximate surface area is 203 Å². The van der Waals surface area contributed by atoms with Crippen molar-refractivity contribution in [2.24, 2.45) is 0 Å². The van der Waals surface area contributed by atoms with E-state index >= 15 is 0 Å². The second-order valence-electron chi connectivity index (χ2n) is 9.06. The summed E-state index contributed by atoms with van der Waals surface area (Å²) in [5.74, 6) is -1.80. The highest BCUT2D eigenvalue weighted by molar-refractivity contribution is 7.12. The predicted octanol–water partition coefficient (Wildman–Crippen LogP) is 3.10. The highest BCUT2D eigenvalue weighted by Crippen LogP contribution is 2.22. The Kier molecular flexibility index (Phi) is 8.11. The summed E-state index contributed by atoms with van der Waals surface area (Å²) in [6.07, 6.45) is 6.46. The second-order valence-corrected chi connectivity index (χ2v) is 10.0. The zero-order valence-electron chi connectivity index (χ0n) is 19.2. The van der Waals surface area contributed by atoms with Crippen LogP contribution in [0.15, 0.2) is 47.8 Å². The predicted molar refractivity (Wildman–Crippen MR) is 130 cm³/mol. The lowest BCUT2D eigenvalue weighted by Crippen LogP contribution is -2.55. The Balaban J connectivity index is 1.47. The number of likely N-dealkylation sites (tertiary alicyclic amines) is 1. The summed E-state index contributed by atoms with van der Waals surface area (Å²) in [7, 11) is 0. The molecule has 2 aliphatic rings. The van der Waals surface area contributed by atoms with E-state index in [0.717, 1.165) is 37.7 Å². The van der Waals surface area contributed by atoms with Gasteiger partial charge in [-0.1, -0.05) is 55.7 Å². The van der Waals surface area contributed by atoms with Gasteiger partial charge in [-0.25, -0.2) is 0 Å². The molecule has 2 heterocycles. The quantitative estimate of drug-likeness (QED) is 0.567. The SMILES string of the molecule is O=C(NC1CCCCC1)C(=O)[C@@H]1CCCN1C(=O)[C@H](Cc1ccccc1)NC(=O)c1cccs1. The number of carbonyl (C=O) groups is 4. The molecule has 2 atom stereocenters. The molecular formula is C26H31N3O4S. The average Bonchev–Trinajstić information content (AvgIpc) is 3.56. The molecule has 34 heavy (non-hydrogen) atoms. The summed E-state index contributed by atoms with van der Waals surface area (Å²) in [4.78, 5) is 54.1. The Hall–Kier alpha value is -3.00. The third kappa shape index (κ3) is 5.91. The van der Waals surface area contributed by atoms with Crippen molar-refractivity contribution in [3.05, 3.63) is 58.3 Å². The number of thiophene rings is 1. The molecule has 1 aliphatic heterocycles. The molecule has 0 radical (unpaired) electrons. The van der Waals surface area contributed by atoms with Gasteiger partial charge < -0.3 is 15.5 Å². The van der Waals surface area contributed by atoms with Crippen molar-refractivity contribution in [1.29, 1.82) is 0 Å². The first-order chi connectivity index (χ1) is 16.5. The Morgan fingerprint density at radius 2 is 1.71 bits per heavy atom. The molecular weight excluding hydrogens is 450 g/mol. The lowest BCUT2D eigenvalue weighted by Gasteiger charge is -2.29. The van der Waals surface area contributed by atoms with Gasteiger partial charge in [0.05, 0.1) is 4.88 Å². The molecule has 1 aliphatic carbocycles. The van der Waals surface area contributed by atoms with E-state index in [2.05, 4.69) is 10.6 Å². The van der Waals surface area contributed by atoms with Crippen molar-refractivity contribution >= 4 is 34.8 Å². The molecule has 1 saturated heterocycles. The van der Waals surface area contributed by atoms with Crippen LogP contribution in [0, 0.1) is 0 Å². The lowest BCUT2D eigenvalue weighted by molar-refractivity contribution is -0.145. The van der Waals surface area contributed by atoms with E-state index in [1.54, 1.807) is 12.1 Å². The van der Waals surface area contributed by atoms with Crippen molar-refractivity contribution in [3.63, 3.8) is 0 Å². The van der Waals surface area contributed by atoms with Gasteiger partial charge in [0, 0.05) is 19.0 Å². The maximum absolute atomic E-state index is 13.6. The molecule has 8 heteroatoms. The minimum absolute atomic E-state index is 0.0340. The fourth-order valence-electron chi connectivity index (χ4n) is 4.85. The molecule has 7 nitrogen and oxygen atoms in total. The molecule has 3 amide bonds. The fourth-order valence-corrected chi connectivity index (χ4v) is 5.47. The zero-order valence-corrected chi connectivity index (χ0v) is 20.0. The maximum atomic E-state index is 13.6. The van der Waals surface area contributed by atoms with Crippen LogP contribution in [0.2, 0.25) is 0 Å². The number of rotatable bonds is 8. The summed E-state index contributed by atoms with van der Waals surface area (Å²) in [6.45, 7) is 0.395. The van der Waals surface area contributed by atoms with Crippen LogP contribution in [-0.4, -0.2) is 53.1 Å². The first-order valence-corrected chi connectivity index (χ1v) is 12.9. The summed E-state index contributed by atoms with van der Waals surface area (Å²) >= 11 is 1.31. The Bertz CT molecular complexity index is 1000. The maximum Gasteiger partial charge on any atom is 0.289 e. The summed E-state index contributed by atoms with van der Waals surface area (Å²) in [6, 6.07) is 11.4. The van der Waals surface area contributed by atoms with Crippen LogP contribution in [0.25, 0.3) is 0 Å². The van der Waals surface area contributed by atoms with Gasteiger partial charge in [0.25, 0.3) is 11.8 Å². The van der Waals surface area contributed by atoms with Crippen molar-refractivity contribution in [3.8, 4) is 0 Å². The van der Waals surface area contributed by atoms with Crippen LogP contribution < -0.4 is 10.6 Å². The smallest absolute Gasteiger partial charge is 0.289 e. The van der Waals surface area contributed by atoms with Crippen LogP contribution >= 0.6 is 11.3 Å². The Morgan fingerprint density at radius 3 is 2.41 bits per heavy atom. The molecule has 4 rings (SSSR count). The van der Waals surface area contributed by atoms with Gasteiger partial charge in [-0.15, -0.1) is 11.3 Å². The van der Waals surface area contributed by atoms with Gasteiger partial charge in [0.2, 0.25) is 11.7 Å². The van der Waals surface area contributed by atoms with Crippen LogP contribution in [0.4, 0.5) is 0 Å². The largest absolute Gasteiger partial charge is 0.347 e. The van der Waals surface area contributed by atoms with Gasteiger partial charge >= 0.3 is 0 Å². The molecule has 1 aromatic heterocycles. The van der Waals surface area contributed by atoms with Crippen molar-refractivity contribution in [1.82, 2.24) is 15.5 Å². The van der Waals surface area contributed by atoms with Gasteiger partial charge in [-0.2, -0.15) is 0 Å². The molecule has 1 saturated carbocycles. The second kappa shape index (κ2) is 11.4. The van der Waals surface area contributed by atoms with Gasteiger partial charge in [-0.3, -0.25) is 19.2 Å². The molecule has 0 bridgehead atoms. The molecule has 0 unspecified atom stereocenters. The number of carbonyl (C=O) groups excluding carboxylic acids is 4. The van der Waals surface area contributed by atoms with E-state index < -0.39 is 23.8 Å². The summed E-state index contributed by atoms with van der Waals surface area (Å²) in [5, 5.41) is 7.56. The molecule has 2 N–H and O–H groups in total.